The number of hydrogen-bond donors (Lipinski definition) is 1. The molecule has 0 spiro atoms. The fourth-order valence-electron chi connectivity index (χ4n) is 3.73. The van der Waals surface area contributed by atoms with Gasteiger partial charge in [-0.05, 0) is 50.0 Å². The van der Waals surface area contributed by atoms with Crippen LogP contribution in [0.4, 0.5) is 13.2 Å². The summed E-state index contributed by atoms with van der Waals surface area (Å²) in [5.74, 6) is 0. The third kappa shape index (κ3) is 2.10. The lowest BCUT2D eigenvalue weighted by atomic mass is 9.95. The highest BCUT2D eigenvalue weighted by Gasteiger charge is 2.36. The van der Waals surface area contributed by atoms with Gasteiger partial charge >= 0.3 is 6.18 Å². The monoisotopic (exact) mass is 327 g/mol. The van der Waals surface area contributed by atoms with Crippen molar-refractivity contribution in [3.8, 4) is 0 Å². The third-order valence-corrected chi connectivity index (χ3v) is 5.66. The minimum absolute atomic E-state index is 0.0568. The number of benzene rings is 1. The van der Waals surface area contributed by atoms with Crippen LogP contribution in [0.25, 0.3) is 10.2 Å². The summed E-state index contributed by atoms with van der Waals surface area (Å²) in [4.78, 5) is 2.65. The molecule has 2 aliphatic heterocycles. The van der Waals surface area contributed by atoms with Crippen LogP contribution in [0.5, 0.6) is 0 Å². The second kappa shape index (κ2) is 4.83. The average Bonchev–Trinajstić information content (AvgIpc) is 3.08. The maximum atomic E-state index is 13.2. The molecule has 1 aromatic heterocycles. The molecule has 1 saturated heterocycles. The van der Waals surface area contributed by atoms with Gasteiger partial charge in [0.25, 0.3) is 0 Å². The van der Waals surface area contributed by atoms with Crippen LogP contribution >= 0.6 is 11.3 Å². The normalized spacial score (nSPS) is 22.6. The molecule has 118 valence electrons. The standard InChI is InChI=1S/C15H16F3N3S/c16-15(17,18)9-7-10-11(20-4-1-2-5-20)3-6-21-13(10)12(8-9)22-14(21)19/h7-8,11,19H,1-6H2. The lowest BCUT2D eigenvalue weighted by Gasteiger charge is -2.32. The van der Waals surface area contributed by atoms with Crippen molar-refractivity contribution in [2.24, 2.45) is 0 Å². The van der Waals surface area contributed by atoms with E-state index in [4.69, 9.17) is 5.41 Å². The third-order valence-electron chi connectivity index (χ3n) is 4.72. The molecule has 2 aliphatic rings. The summed E-state index contributed by atoms with van der Waals surface area (Å²) in [7, 11) is 0. The molecule has 1 N–H and O–H groups in total. The molecule has 0 bridgehead atoms. The first-order chi connectivity index (χ1) is 10.4. The van der Waals surface area contributed by atoms with Crippen LogP contribution in [-0.4, -0.2) is 22.6 Å². The number of aryl methyl sites for hydroxylation is 1. The van der Waals surface area contributed by atoms with Gasteiger partial charge in [0.05, 0.1) is 15.8 Å². The van der Waals surface area contributed by atoms with Gasteiger partial charge in [0, 0.05) is 12.6 Å². The van der Waals surface area contributed by atoms with Crippen molar-refractivity contribution in [2.75, 3.05) is 13.1 Å². The van der Waals surface area contributed by atoms with Gasteiger partial charge < -0.3 is 4.57 Å². The Kier molecular flexibility index (Phi) is 3.13. The van der Waals surface area contributed by atoms with Gasteiger partial charge in [0.1, 0.15) is 0 Å². The van der Waals surface area contributed by atoms with Gasteiger partial charge in [-0.1, -0.05) is 11.3 Å². The molecular weight excluding hydrogens is 311 g/mol. The van der Waals surface area contributed by atoms with E-state index in [2.05, 4.69) is 4.90 Å². The van der Waals surface area contributed by atoms with E-state index in [1.54, 1.807) is 0 Å². The predicted octanol–water partition coefficient (Wildman–Crippen LogP) is 3.74. The summed E-state index contributed by atoms with van der Waals surface area (Å²) < 4.78 is 42.0. The zero-order chi connectivity index (χ0) is 15.5. The highest BCUT2D eigenvalue weighted by Crippen LogP contribution is 2.41. The summed E-state index contributed by atoms with van der Waals surface area (Å²) >= 11 is 1.14. The summed E-state index contributed by atoms with van der Waals surface area (Å²) in [5.41, 5.74) is 1.01. The van der Waals surface area contributed by atoms with E-state index in [0.717, 1.165) is 61.3 Å². The molecule has 1 atom stereocenters. The predicted molar refractivity (Wildman–Crippen MR) is 78.8 cm³/mol. The van der Waals surface area contributed by atoms with Gasteiger partial charge in [-0.15, -0.1) is 0 Å². The Labute approximate surface area is 129 Å². The molecule has 3 nitrogen and oxygen atoms in total. The van der Waals surface area contributed by atoms with E-state index in [1.807, 2.05) is 4.57 Å². The van der Waals surface area contributed by atoms with Crippen LogP contribution in [0.1, 0.15) is 36.4 Å². The van der Waals surface area contributed by atoms with Crippen LogP contribution < -0.4 is 4.80 Å². The zero-order valence-electron chi connectivity index (χ0n) is 11.9. The minimum atomic E-state index is -4.34. The first-order valence-corrected chi connectivity index (χ1v) is 8.30. The SMILES string of the molecule is N=c1sc2cc(C(F)(F)F)cc3c2n1CCC3N1CCCC1. The van der Waals surface area contributed by atoms with Gasteiger partial charge in [-0.2, -0.15) is 13.2 Å². The average molecular weight is 327 g/mol. The molecule has 2 aromatic rings. The Bertz CT molecular complexity index is 784. The molecule has 4 rings (SSSR count). The smallest absolute Gasteiger partial charge is 0.317 e. The van der Waals surface area contributed by atoms with Crippen molar-refractivity contribution >= 4 is 21.6 Å². The van der Waals surface area contributed by atoms with Crippen LogP contribution in [0.2, 0.25) is 0 Å². The fourth-order valence-corrected chi connectivity index (χ4v) is 4.74. The van der Waals surface area contributed by atoms with Crippen molar-refractivity contribution in [3.05, 3.63) is 28.1 Å². The van der Waals surface area contributed by atoms with E-state index in [9.17, 15) is 13.2 Å². The molecule has 1 fully saturated rings. The Hall–Kier alpha value is -1.34. The number of halogens is 3. The number of thiazole rings is 1. The van der Waals surface area contributed by atoms with Crippen LogP contribution in [0.15, 0.2) is 12.1 Å². The first kappa shape index (κ1) is 14.3. The number of nitrogens with zero attached hydrogens (tertiary/aromatic N) is 2. The van der Waals surface area contributed by atoms with Crippen molar-refractivity contribution in [1.29, 1.82) is 5.41 Å². The van der Waals surface area contributed by atoms with E-state index in [-0.39, 0.29) is 6.04 Å². The zero-order valence-corrected chi connectivity index (χ0v) is 12.7. The van der Waals surface area contributed by atoms with E-state index >= 15 is 0 Å². The number of aromatic nitrogens is 1. The maximum Gasteiger partial charge on any atom is 0.416 e. The number of nitrogens with one attached hydrogen (secondary N) is 1. The fraction of sp³-hybridized carbons (Fsp3) is 0.533. The van der Waals surface area contributed by atoms with E-state index in [0.29, 0.717) is 9.50 Å². The van der Waals surface area contributed by atoms with Gasteiger partial charge in [-0.25, -0.2) is 0 Å². The molecule has 1 aromatic carbocycles. The maximum absolute atomic E-state index is 13.2. The van der Waals surface area contributed by atoms with Crippen LogP contribution in [0, 0.1) is 5.41 Å². The molecule has 0 saturated carbocycles. The summed E-state index contributed by atoms with van der Waals surface area (Å²) in [6.45, 7) is 2.64. The van der Waals surface area contributed by atoms with Crippen molar-refractivity contribution in [2.45, 2.75) is 38.0 Å². The Morgan fingerprint density at radius 1 is 1.14 bits per heavy atom. The second-order valence-corrected chi connectivity index (χ2v) is 7.05. The Morgan fingerprint density at radius 3 is 2.55 bits per heavy atom. The largest absolute Gasteiger partial charge is 0.416 e. The number of likely N-dealkylation sites (tertiary alicyclic amines) is 1. The van der Waals surface area contributed by atoms with E-state index in [1.165, 1.54) is 12.1 Å². The minimum Gasteiger partial charge on any atom is -0.317 e. The van der Waals surface area contributed by atoms with Gasteiger partial charge in [0.15, 0.2) is 4.80 Å². The molecular formula is C15H16F3N3S. The summed E-state index contributed by atoms with van der Waals surface area (Å²) in [5, 5.41) is 8.02. The molecule has 1 unspecified atom stereocenters. The van der Waals surface area contributed by atoms with Crippen molar-refractivity contribution in [3.63, 3.8) is 0 Å². The lowest BCUT2D eigenvalue weighted by molar-refractivity contribution is -0.137. The number of hydrogen-bond acceptors (Lipinski definition) is 3. The second-order valence-electron chi connectivity index (χ2n) is 6.02. The molecule has 0 amide bonds. The lowest BCUT2D eigenvalue weighted by Crippen LogP contribution is -2.31. The molecule has 0 radical (unpaired) electrons. The highest BCUT2D eigenvalue weighted by molar-refractivity contribution is 7.16. The first-order valence-electron chi connectivity index (χ1n) is 7.48. The van der Waals surface area contributed by atoms with Crippen LogP contribution in [0.3, 0.4) is 0 Å². The number of rotatable bonds is 1. The van der Waals surface area contributed by atoms with Gasteiger partial charge in [0.2, 0.25) is 0 Å². The summed E-state index contributed by atoms with van der Waals surface area (Å²) in [6.07, 6.45) is -1.32. The quantitative estimate of drug-likeness (QED) is 0.850. The van der Waals surface area contributed by atoms with Crippen molar-refractivity contribution < 1.29 is 13.2 Å². The van der Waals surface area contributed by atoms with Crippen molar-refractivity contribution in [1.82, 2.24) is 9.47 Å². The van der Waals surface area contributed by atoms with Crippen LogP contribution in [-0.2, 0) is 12.7 Å². The molecule has 0 aliphatic carbocycles. The molecule has 7 heteroatoms. The molecule has 22 heavy (non-hydrogen) atoms. The molecule has 3 heterocycles. The van der Waals surface area contributed by atoms with E-state index < -0.39 is 11.7 Å². The highest BCUT2D eigenvalue weighted by atomic mass is 32.1. The Balaban J connectivity index is 1.95. The van der Waals surface area contributed by atoms with Gasteiger partial charge in [-0.3, -0.25) is 10.3 Å². The topological polar surface area (TPSA) is 32.0 Å². The number of alkyl halides is 3. The summed E-state index contributed by atoms with van der Waals surface area (Å²) in [6, 6.07) is 2.57. The Morgan fingerprint density at radius 2 is 1.86 bits per heavy atom.